The number of benzene rings is 1. The Balaban J connectivity index is 2.36. The van der Waals surface area contributed by atoms with E-state index in [0.29, 0.717) is 17.4 Å². The minimum absolute atomic E-state index is 0.559. The molecule has 2 rings (SSSR count). The maximum absolute atomic E-state index is 9.60. The first-order chi connectivity index (χ1) is 7.76. The van der Waals surface area contributed by atoms with Crippen LogP contribution >= 0.6 is 11.8 Å². The summed E-state index contributed by atoms with van der Waals surface area (Å²) in [6.07, 6.45) is 0. The normalized spacial score (nSPS) is 14.9. The SMILES string of the molecule is COc1ccc(C2=CSCN2O)cc1OC. The van der Waals surface area contributed by atoms with E-state index in [1.54, 1.807) is 26.0 Å². The minimum Gasteiger partial charge on any atom is -0.493 e. The maximum Gasteiger partial charge on any atom is 0.161 e. The van der Waals surface area contributed by atoms with Crippen LogP contribution in [0.2, 0.25) is 0 Å². The van der Waals surface area contributed by atoms with Gasteiger partial charge < -0.3 is 9.47 Å². The second kappa shape index (κ2) is 4.67. The standard InChI is InChI=1S/C11H13NO3S/c1-14-10-4-3-8(5-11(10)15-2)9-6-16-7-12(9)13/h3-6,13H,7H2,1-2H3. The highest BCUT2D eigenvalue weighted by molar-refractivity contribution is 8.02. The lowest BCUT2D eigenvalue weighted by Crippen LogP contribution is -2.12. The summed E-state index contributed by atoms with van der Waals surface area (Å²) in [5.74, 6) is 1.90. The highest BCUT2D eigenvalue weighted by Gasteiger charge is 2.16. The van der Waals surface area contributed by atoms with Crippen molar-refractivity contribution in [2.75, 3.05) is 20.1 Å². The summed E-state index contributed by atoms with van der Waals surface area (Å²) in [6.45, 7) is 0. The molecule has 0 bridgehead atoms. The van der Waals surface area contributed by atoms with Crippen molar-refractivity contribution in [1.29, 1.82) is 0 Å². The van der Waals surface area contributed by atoms with Crippen LogP contribution in [0.3, 0.4) is 0 Å². The molecule has 0 unspecified atom stereocenters. The lowest BCUT2D eigenvalue weighted by atomic mass is 10.1. The third-order valence-corrected chi connectivity index (χ3v) is 3.13. The predicted molar refractivity (Wildman–Crippen MR) is 63.6 cm³/mol. The summed E-state index contributed by atoms with van der Waals surface area (Å²) in [5, 5.41) is 12.7. The fourth-order valence-corrected chi connectivity index (χ4v) is 2.30. The number of hydrogen-bond acceptors (Lipinski definition) is 5. The zero-order valence-electron chi connectivity index (χ0n) is 9.14. The molecule has 0 radical (unpaired) electrons. The van der Waals surface area contributed by atoms with Gasteiger partial charge in [0.1, 0.15) is 0 Å². The topological polar surface area (TPSA) is 41.9 Å². The lowest BCUT2D eigenvalue weighted by molar-refractivity contribution is -0.00410. The summed E-state index contributed by atoms with van der Waals surface area (Å²) in [7, 11) is 3.19. The van der Waals surface area contributed by atoms with Crippen LogP contribution < -0.4 is 9.47 Å². The van der Waals surface area contributed by atoms with Gasteiger partial charge in [-0.15, -0.1) is 11.8 Å². The van der Waals surface area contributed by atoms with E-state index in [1.807, 2.05) is 23.6 Å². The van der Waals surface area contributed by atoms with Crippen molar-refractivity contribution in [2.45, 2.75) is 0 Å². The van der Waals surface area contributed by atoms with Crippen LogP contribution in [0.25, 0.3) is 5.70 Å². The Bertz CT molecular complexity index is 420. The summed E-state index contributed by atoms with van der Waals surface area (Å²) < 4.78 is 10.4. The van der Waals surface area contributed by atoms with Crippen molar-refractivity contribution in [2.24, 2.45) is 0 Å². The third kappa shape index (κ3) is 1.96. The van der Waals surface area contributed by atoms with Gasteiger partial charge in [-0.1, -0.05) is 0 Å². The largest absolute Gasteiger partial charge is 0.493 e. The quantitative estimate of drug-likeness (QED) is 0.877. The van der Waals surface area contributed by atoms with Crippen molar-refractivity contribution in [3.05, 3.63) is 29.2 Å². The summed E-state index contributed by atoms with van der Waals surface area (Å²) >= 11 is 1.55. The molecule has 1 aliphatic heterocycles. The lowest BCUT2D eigenvalue weighted by Gasteiger charge is -2.15. The molecule has 86 valence electrons. The molecule has 4 nitrogen and oxygen atoms in total. The summed E-state index contributed by atoms with van der Waals surface area (Å²) in [6, 6.07) is 5.56. The highest BCUT2D eigenvalue weighted by Crippen LogP contribution is 2.34. The fourth-order valence-electron chi connectivity index (χ4n) is 1.53. The van der Waals surface area contributed by atoms with Crippen LogP contribution in [0.4, 0.5) is 0 Å². The Morgan fingerprint density at radius 1 is 1.25 bits per heavy atom. The Kier molecular flexibility index (Phi) is 3.26. The molecule has 1 aromatic rings. The molecule has 0 aliphatic carbocycles. The highest BCUT2D eigenvalue weighted by atomic mass is 32.2. The van der Waals surface area contributed by atoms with E-state index in [0.717, 1.165) is 11.3 Å². The van der Waals surface area contributed by atoms with E-state index in [-0.39, 0.29) is 0 Å². The maximum atomic E-state index is 9.60. The molecule has 1 aliphatic rings. The molecule has 1 N–H and O–H groups in total. The monoisotopic (exact) mass is 239 g/mol. The molecule has 0 saturated carbocycles. The molecular formula is C11H13NO3S. The molecule has 1 heterocycles. The minimum atomic E-state index is 0.559. The van der Waals surface area contributed by atoms with Crippen molar-refractivity contribution in [3.63, 3.8) is 0 Å². The zero-order valence-corrected chi connectivity index (χ0v) is 9.95. The summed E-state index contributed by atoms with van der Waals surface area (Å²) in [5.41, 5.74) is 1.69. The Morgan fingerprint density at radius 2 is 2.00 bits per heavy atom. The van der Waals surface area contributed by atoms with E-state index in [2.05, 4.69) is 0 Å². The Hall–Kier alpha value is -1.33. The number of rotatable bonds is 3. The molecule has 1 aromatic carbocycles. The van der Waals surface area contributed by atoms with Crippen molar-refractivity contribution < 1.29 is 14.7 Å². The number of hydroxylamine groups is 2. The number of ether oxygens (including phenoxy) is 2. The van der Waals surface area contributed by atoms with Crippen LogP contribution in [0.5, 0.6) is 11.5 Å². The van der Waals surface area contributed by atoms with Gasteiger partial charge in [0, 0.05) is 5.56 Å². The van der Waals surface area contributed by atoms with Gasteiger partial charge in [-0.05, 0) is 23.6 Å². The molecule has 0 atom stereocenters. The molecule has 0 aromatic heterocycles. The van der Waals surface area contributed by atoms with Gasteiger partial charge in [0.2, 0.25) is 0 Å². The van der Waals surface area contributed by atoms with Crippen molar-refractivity contribution in [3.8, 4) is 11.5 Å². The van der Waals surface area contributed by atoms with E-state index in [9.17, 15) is 5.21 Å². The van der Waals surface area contributed by atoms with E-state index >= 15 is 0 Å². The number of thioether (sulfide) groups is 1. The molecule has 16 heavy (non-hydrogen) atoms. The first-order valence-electron chi connectivity index (χ1n) is 4.77. The second-order valence-electron chi connectivity index (χ2n) is 3.27. The number of methoxy groups -OCH3 is 2. The Morgan fingerprint density at radius 3 is 2.56 bits per heavy atom. The fraction of sp³-hybridized carbons (Fsp3) is 0.273. The molecule has 0 saturated heterocycles. The van der Waals surface area contributed by atoms with Gasteiger partial charge in [-0.25, -0.2) is 5.06 Å². The van der Waals surface area contributed by atoms with Crippen molar-refractivity contribution >= 4 is 17.5 Å². The molecule has 0 spiro atoms. The number of nitrogens with zero attached hydrogens (tertiary/aromatic N) is 1. The second-order valence-corrected chi connectivity index (χ2v) is 4.10. The van der Waals surface area contributed by atoms with Gasteiger partial charge in [0.25, 0.3) is 0 Å². The smallest absolute Gasteiger partial charge is 0.161 e. The van der Waals surface area contributed by atoms with Gasteiger partial charge in [0.15, 0.2) is 11.5 Å². The first kappa shape index (κ1) is 11.2. The van der Waals surface area contributed by atoms with E-state index < -0.39 is 0 Å². The average molecular weight is 239 g/mol. The van der Waals surface area contributed by atoms with Gasteiger partial charge >= 0.3 is 0 Å². The molecule has 0 amide bonds. The van der Waals surface area contributed by atoms with Gasteiger partial charge in [0.05, 0.1) is 25.8 Å². The molecule has 5 heteroatoms. The van der Waals surface area contributed by atoms with E-state index in [4.69, 9.17) is 9.47 Å². The Labute approximate surface area is 98.4 Å². The van der Waals surface area contributed by atoms with Crippen LogP contribution in [-0.4, -0.2) is 30.4 Å². The van der Waals surface area contributed by atoms with Crippen LogP contribution in [0.1, 0.15) is 5.56 Å². The van der Waals surface area contributed by atoms with Crippen LogP contribution in [-0.2, 0) is 0 Å². The van der Waals surface area contributed by atoms with Crippen molar-refractivity contribution in [1.82, 2.24) is 5.06 Å². The molecule has 0 fully saturated rings. The third-order valence-electron chi connectivity index (χ3n) is 2.35. The number of hydrogen-bond donors (Lipinski definition) is 1. The van der Waals surface area contributed by atoms with E-state index in [1.165, 1.54) is 5.06 Å². The van der Waals surface area contributed by atoms with Crippen LogP contribution in [0, 0.1) is 0 Å². The van der Waals surface area contributed by atoms with Gasteiger partial charge in [-0.2, -0.15) is 0 Å². The van der Waals surface area contributed by atoms with Crippen LogP contribution in [0.15, 0.2) is 23.6 Å². The van der Waals surface area contributed by atoms with Gasteiger partial charge in [-0.3, -0.25) is 5.21 Å². The summed E-state index contributed by atoms with van der Waals surface area (Å²) in [4.78, 5) is 0. The zero-order chi connectivity index (χ0) is 11.5. The first-order valence-corrected chi connectivity index (χ1v) is 5.81. The average Bonchev–Trinajstić information content (AvgIpc) is 2.74. The predicted octanol–water partition coefficient (Wildman–Crippen LogP) is 2.40. The molecular weight excluding hydrogens is 226 g/mol.